The number of amidine groups is 1. The Hall–Kier alpha value is -2.31. The molecule has 0 bridgehead atoms. The van der Waals surface area contributed by atoms with Crippen molar-refractivity contribution in [2.45, 2.75) is 59.4 Å². The van der Waals surface area contributed by atoms with E-state index in [0.717, 1.165) is 25.7 Å². The van der Waals surface area contributed by atoms with Crippen molar-refractivity contribution in [1.82, 2.24) is 4.90 Å². The van der Waals surface area contributed by atoms with Crippen LogP contribution in [0.5, 0.6) is 0 Å². The molecule has 32 heavy (non-hydrogen) atoms. The zero-order valence-corrected chi connectivity index (χ0v) is 21.8. The van der Waals surface area contributed by atoms with Crippen LogP contribution in [0.15, 0.2) is 61.8 Å². The first-order valence-electron chi connectivity index (χ1n) is 10.4. The Labute approximate surface area is 202 Å². The Morgan fingerprint density at radius 3 is 2.34 bits per heavy atom. The number of carbonyl (C=O) groups is 1. The summed E-state index contributed by atoms with van der Waals surface area (Å²) in [6, 6.07) is 1.76. The van der Waals surface area contributed by atoms with Crippen LogP contribution in [0.1, 0.15) is 53.4 Å². The first-order chi connectivity index (χ1) is 15.4. The average molecular weight is 479 g/mol. The van der Waals surface area contributed by atoms with Crippen LogP contribution in [-0.4, -0.2) is 42.2 Å². The lowest BCUT2D eigenvalue weighted by atomic mass is 10.0. The third kappa shape index (κ3) is 18.5. The van der Waals surface area contributed by atoms with Gasteiger partial charge in [-0.15, -0.1) is 33.7 Å². The molecule has 1 heterocycles. The standard InChI is InChI=1S/C11H16N6O.C8H14S2.C4H8/c12-6-2-3-7-14-16-15-11(13)10-5-1-4-8-17(10)9-18;1-7(2)5-6-8(9-3)10-4;1-3-4-2/h3,7,9-10H,1-2,4-5,8H2,(H2,13,14,15);5-6H,1-4H3;3-4H,1-2H3/b7-3+;;4-3-. The predicted octanol–water partition coefficient (Wildman–Crippen LogP) is 6.25. The van der Waals surface area contributed by atoms with Gasteiger partial charge < -0.3 is 10.6 Å². The number of carbonyl (C=O) groups excluding carboxylic acids is 1. The molecule has 1 rings (SSSR count). The minimum Gasteiger partial charge on any atom is -0.384 e. The highest BCUT2D eigenvalue weighted by Crippen LogP contribution is 2.23. The zero-order valence-electron chi connectivity index (χ0n) is 20.2. The predicted molar refractivity (Wildman–Crippen MR) is 141 cm³/mol. The van der Waals surface area contributed by atoms with Gasteiger partial charge >= 0.3 is 0 Å². The summed E-state index contributed by atoms with van der Waals surface area (Å²) < 4.78 is 1.36. The van der Waals surface area contributed by atoms with Crippen LogP contribution in [0.4, 0.5) is 0 Å². The fourth-order valence-electron chi connectivity index (χ4n) is 2.18. The first-order valence-corrected chi connectivity index (χ1v) is 12.8. The molecule has 7 nitrogen and oxygen atoms in total. The topological polar surface area (TPSA) is 107 Å². The fourth-order valence-corrected chi connectivity index (χ4v) is 3.25. The lowest BCUT2D eigenvalue weighted by molar-refractivity contribution is -0.120. The summed E-state index contributed by atoms with van der Waals surface area (Å²) in [6.07, 6.45) is 19.3. The summed E-state index contributed by atoms with van der Waals surface area (Å²) in [5, 5.41) is 19.2. The zero-order chi connectivity index (χ0) is 24.6. The third-order valence-electron chi connectivity index (χ3n) is 3.90. The highest BCUT2D eigenvalue weighted by Gasteiger charge is 2.24. The highest BCUT2D eigenvalue weighted by atomic mass is 32.2. The average Bonchev–Trinajstić information content (AvgIpc) is 2.82. The number of hydrogen-bond acceptors (Lipinski definition) is 6. The van der Waals surface area contributed by atoms with Gasteiger partial charge in [0.2, 0.25) is 6.41 Å². The SMILES string of the molecule is C/C=C\C.CSC(=CC=C(C)C)SC.N#CC/C=C/N=N/N=C(\N)C1CCCCN1C=O. The smallest absolute Gasteiger partial charge is 0.210 e. The second-order valence-corrected chi connectivity index (χ2v) is 8.59. The van der Waals surface area contributed by atoms with Crippen molar-refractivity contribution in [3.63, 3.8) is 0 Å². The summed E-state index contributed by atoms with van der Waals surface area (Å²) in [5.41, 5.74) is 7.12. The number of thioether (sulfide) groups is 2. The lowest BCUT2D eigenvalue weighted by Crippen LogP contribution is -2.46. The molecule has 0 saturated carbocycles. The summed E-state index contributed by atoms with van der Waals surface area (Å²) in [5.74, 6) is 0.291. The molecule has 0 aromatic carbocycles. The Bertz CT molecular complexity index is 706. The molecule has 0 aliphatic carbocycles. The van der Waals surface area contributed by atoms with Crippen LogP contribution < -0.4 is 5.73 Å². The van der Waals surface area contributed by atoms with Crippen molar-refractivity contribution < 1.29 is 4.79 Å². The molecule has 1 saturated heterocycles. The molecule has 178 valence electrons. The van der Waals surface area contributed by atoms with Crippen LogP contribution >= 0.6 is 23.5 Å². The number of hydrogen-bond donors (Lipinski definition) is 1. The maximum absolute atomic E-state index is 10.8. The van der Waals surface area contributed by atoms with Gasteiger partial charge in [0, 0.05) is 17.0 Å². The number of amides is 1. The van der Waals surface area contributed by atoms with Gasteiger partial charge in [-0.05, 0) is 70.8 Å². The van der Waals surface area contributed by atoms with E-state index >= 15 is 0 Å². The van der Waals surface area contributed by atoms with E-state index in [0.29, 0.717) is 12.4 Å². The number of rotatable bonds is 8. The molecule has 1 aliphatic rings. The molecule has 2 N–H and O–H groups in total. The molecular weight excluding hydrogens is 440 g/mol. The molecule has 1 fully saturated rings. The number of nitriles is 1. The Morgan fingerprint density at radius 1 is 1.19 bits per heavy atom. The second-order valence-electron chi connectivity index (χ2n) is 6.64. The minimum absolute atomic E-state index is 0.182. The normalized spacial score (nSPS) is 16.0. The summed E-state index contributed by atoms with van der Waals surface area (Å²) >= 11 is 3.58. The quantitative estimate of drug-likeness (QED) is 0.0843. The molecule has 9 heteroatoms. The molecule has 1 amide bonds. The van der Waals surface area contributed by atoms with Crippen LogP contribution in [0, 0.1) is 11.3 Å². The van der Waals surface area contributed by atoms with E-state index in [1.807, 2.05) is 32.1 Å². The minimum atomic E-state index is -0.182. The van der Waals surface area contributed by atoms with Gasteiger partial charge in [0.05, 0.1) is 18.5 Å². The maximum Gasteiger partial charge on any atom is 0.210 e. The number of nitrogens with zero attached hydrogens (tertiary/aromatic N) is 5. The largest absolute Gasteiger partial charge is 0.384 e. The molecule has 1 unspecified atom stereocenters. The van der Waals surface area contributed by atoms with E-state index in [4.69, 9.17) is 11.0 Å². The van der Waals surface area contributed by atoms with Gasteiger partial charge in [0.15, 0.2) is 0 Å². The van der Waals surface area contributed by atoms with Crippen molar-refractivity contribution in [2.75, 3.05) is 19.1 Å². The van der Waals surface area contributed by atoms with E-state index in [1.165, 1.54) is 16.0 Å². The van der Waals surface area contributed by atoms with Crippen LogP contribution in [0.25, 0.3) is 0 Å². The highest BCUT2D eigenvalue weighted by molar-refractivity contribution is 8.21. The van der Waals surface area contributed by atoms with Gasteiger partial charge in [-0.25, -0.2) is 0 Å². The Morgan fingerprint density at radius 2 is 1.84 bits per heavy atom. The maximum atomic E-state index is 10.8. The van der Waals surface area contributed by atoms with Crippen LogP contribution in [0.2, 0.25) is 0 Å². The molecule has 0 radical (unpaired) electrons. The fraction of sp³-hybridized carbons (Fsp3) is 0.522. The van der Waals surface area contributed by atoms with E-state index in [-0.39, 0.29) is 12.5 Å². The summed E-state index contributed by atoms with van der Waals surface area (Å²) in [4.78, 5) is 12.5. The Kier molecular flexibility index (Phi) is 23.3. The number of nitrogens with two attached hydrogens (primary N) is 1. The van der Waals surface area contributed by atoms with Gasteiger partial charge in [-0.1, -0.05) is 29.9 Å². The van der Waals surface area contributed by atoms with Gasteiger partial charge in [-0.3, -0.25) is 4.79 Å². The van der Waals surface area contributed by atoms with Crippen molar-refractivity contribution >= 4 is 35.8 Å². The molecule has 1 atom stereocenters. The van der Waals surface area contributed by atoms with Crippen molar-refractivity contribution in [2.24, 2.45) is 21.2 Å². The first kappa shape index (κ1) is 31.9. The monoisotopic (exact) mass is 478 g/mol. The number of piperidine rings is 1. The van der Waals surface area contributed by atoms with Crippen molar-refractivity contribution in [3.05, 3.63) is 46.4 Å². The molecular formula is C23H38N6OS2. The second kappa shape index (κ2) is 23.4. The Balaban J connectivity index is 0. The third-order valence-corrected chi connectivity index (χ3v) is 5.98. The van der Waals surface area contributed by atoms with E-state index < -0.39 is 0 Å². The summed E-state index contributed by atoms with van der Waals surface area (Å²) in [7, 11) is 0. The molecule has 0 spiro atoms. The van der Waals surface area contributed by atoms with E-state index in [1.54, 1.807) is 34.5 Å². The molecule has 1 aliphatic heterocycles. The number of allylic oxidation sites excluding steroid dienone is 6. The van der Waals surface area contributed by atoms with E-state index in [2.05, 4.69) is 53.9 Å². The number of likely N-dealkylation sites (tertiary alicyclic amines) is 1. The van der Waals surface area contributed by atoms with Gasteiger partial charge in [-0.2, -0.15) is 5.26 Å². The van der Waals surface area contributed by atoms with Gasteiger partial charge in [0.25, 0.3) is 0 Å². The van der Waals surface area contributed by atoms with Crippen molar-refractivity contribution in [1.29, 1.82) is 5.26 Å². The van der Waals surface area contributed by atoms with Crippen LogP contribution in [0.3, 0.4) is 0 Å². The van der Waals surface area contributed by atoms with Crippen LogP contribution in [-0.2, 0) is 4.79 Å². The molecule has 0 aromatic rings. The van der Waals surface area contributed by atoms with Crippen molar-refractivity contribution in [3.8, 4) is 6.07 Å². The lowest BCUT2D eigenvalue weighted by Gasteiger charge is -2.31. The summed E-state index contributed by atoms with van der Waals surface area (Å²) in [6.45, 7) is 8.91. The van der Waals surface area contributed by atoms with E-state index in [9.17, 15) is 4.79 Å². The van der Waals surface area contributed by atoms with Gasteiger partial charge in [0.1, 0.15) is 5.84 Å². The molecule has 0 aromatic heterocycles.